The van der Waals surface area contributed by atoms with Gasteiger partial charge in [-0.3, -0.25) is 0 Å². The van der Waals surface area contributed by atoms with E-state index >= 15 is 0 Å². The average molecular weight is 223 g/mol. The molecule has 1 aliphatic rings. The number of methoxy groups -OCH3 is 1. The van der Waals surface area contributed by atoms with E-state index in [1.807, 2.05) is 17.8 Å². The Morgan fingerprint density at radius 2 is 2.27 bits per heavy atom. The Balaban J connectivity index is 2.21. The highest BCUT2D eigenvalue weighted by molar-refractivity contribution is 8.00. The number of thioether (sulfide) groups is 1. The fraction of sp³-hybridized carbons (Fsp3) is 0.500. The molecule has 1 N–H and O–H groups in total. The lowest BCUT2D eigenvalue weighted by molar-refractivity contribution is 0.414. The van der Waals surface area contributed by atoms with Crippen LogP contribution in [0.2, 0.25) is 0 Å². The van der Waals surface area contributed by atoms with E-state index in [-0.39, 0.29) is 0 Å². The first-order valence-corrected chi connectivity index (χ1v) is 6.17. The van der Waals surface area contributed by atoms with Crippen molar-refractivity contribution in [3.63, 3.8) is 0 Å². The SMILES string of the molecule is COc1ccc2c(c1)NCC(C(C)C)S2. The number of hydrogen-bond donors (Lipinski definition) is 1. The highest BCUT2D eigenvalue weighted by Gasteiger charge is 2.21. The molecule has 0 aliphatic carbocycles. The molecule has 0 spiro atoms. The third kappa shape index (κ3) is 2.23. The maximum Gasteiger partial charge on any atom is 0.121 e. The van der Waals surface area contributed by atoms with E-state index < -0.39 is 0 Å². The maximum atomic E-state index is 5.21. The second-order valence-electron chi connectivity index (χ2n) is 4.14. The summed E-state index contributed by atoms with van der Waals surface area (Å²) >= 11 is 1.97. The quantitative estimate of drug-likeness (QED) is 0.831. The third-order valence-corrected chi connectivity index (χ3v) is 4.33. The number of nitrogens with one attached hydrogen (secondary N) is 1. The van der Waals surface area contributed by atoms with Gasteiger partial charge in [0.05, 0.1) is 12.8 Å². The standard InChI is InChI=1S/C12H17NOS/c1-8(2)12-7-13-10-6-9(14-3)4-5-11(10)15-12/h4-6,8,12-13H,7H2,1-3H3. The summed E-state index contributed by atoms with van der Waals surface area (Å²) in [6, 6.07) is 6.23. The Morgan fingerprint density at radius 3 is 2.93 bits per heavy atom. The van der Waals surface area contributed by atoms with Gasteiger partial charge in [-0.25, -0.2) is 0 Å². The van der Waals surface area contributed by atoms with Gasteiger partial charge in [0, 0.05) is 22.8 Å². The summed E-state index contributed by atoms with van der Waals surface area (Å²) in [6.07, 6.45) is 0. The molecule has 0 saturated heterocycles. The molecule has 2 nitrogen and oxygen atoms in total. The van der Waals surface area contributed by atoms with Crippen molar-refractivity contribution < 1.29 is 4.74 Å². The molecule has 15 heavy (non-hydrogen) atoms. The molecule has 3 heteroatoms. The molecule has 1 atom stereocenters. The second-order valence-corrected chi connectivity index (χ2v) is 5.42. The zero-order chi connectivity index (χ0) is 10.8. The van der Waals surface area contributed by atoms with E-state index in [9.17, 15) is 0 Å². The van der Waals surface area contributed by atoms with Crippen LogP contribution in [0.1, 0.15) is 13.8 Å². The first kappa shape index (κ1) is 10.7. The predicted octanol–water partition coefficient (Wildman–Crippen LogP) is 3.24. The molecule has 1 aromatic carbocycles. The minimum atomic E-state index is 0.672. The second kappa shape index (κ2) is 4.35. The van der Waals surface area contributed by atoms with Gasteiger partial charge in [0.2, 0.25) is 0 Å². The summed E-state index contributed by atoms with van der Waals surface area (Å²) in [7, 11) is 1.70. The Labute approximate surface area is 95.4 Å². The molecule has 1 heterocycles. The van der Waals surface area contributed by atoms with Crippen LogP contribution in [0.3, 0.4) is 0 Å². The smallest absolute Gasteiger partial charge is 0.121 e. The van der Waals surface area contributed by atoms with E-state index in [2.05, 4.69) is 31.3 Å². The Kier molecular flexibility index (Phi) is 3.10. The lowest BCUT2D eigenvalue weighted by atomic mass is 10.1. The van der Waals surface area contributed by atoms with Gasteiger partial charge >= 0.3 is 0 Å². The van der Waals surface area contributed by atoms with Crippen molar-refractivity contribution in [2.24, 2.45) is 5.92 Å². The van der Waals surface area contributed by atoms with Gasteiger partial charge in [0.1, 0.15) is 5.75 Å². The van der Waals surface area contributed by atoms with Crippen LogP contribution in [0.5, 0.6) is 5.75 Å². The number of fused-ring (bicyclic) bond motifs is 1. The Bertz CT molecular complexity index is 351. The number of ether oxygens (including phenoxy) is 1. The molecule has 2 rings (SSSR count). The molecule has 0 fully saturated rings. The van der Waals surface area contributed by atoms with Gasteiger partial charge < -0.3 is 10.1 Å². The van der Waals surface area contributed by atoms with E-state index in [4.69, 9.17) is 4.74 Å². The highest BCUT2D eigenvalue weighted by Crippen LogP contribution is 2.39. The number of anilines is 1. The first-order valence-electron chi connectivity index (χ1n) is 5.29. The van der Waals surface area contributed by atoms with Crippen molar-refractivity contribution in [3.8, 4) is 5.75 Å². The van der Waals surface area contributed by atoms with Crippen molar-refractivity contribution in [2.75, 3.05) is 19.0 Å². The number of benzene rings is 1. The zero-order valence-electron chi connectivity index (χ0n) is 9.41. The minimum absolute atomic E-state index is 0.672. The minimum Gasteiger partial charge on any atom is -0.497 e. The normalized spacial score (nSPS) is 19.6. The van der Waals surface area contributed by atoms with Gasteiger partial charge in [-0.15, -0.1) is 11.8 Å². The average Bonchev–Trinajstić information content (AvgIpc) is 2.27. The Hall–Kier alpha value is -0.830. The van der Waals surface area contributed by atoms with Gasteiger partial charge in [-0.1, -0.05) is 13.8 Å². The van der Waals surface area contributed by atoms with Gasteiger partial charge in [0.15, 0.2) is 0 Å². The third-order valence-electron chi connectivity index (χ3n) is 2.70. The molecule has 0 aromatic heterocycles. The van der Waals surface area contributed by atoms with Crippen LogP contribution < -0.4 is 10.1 Å². The number of rotatable bonds is 2. The molecule has 1 unspecified atom stereocenters. The highest BCUT2D eigenvalue weighted by atomic mass is 32.2. The molecular formula is C12H17NOS. The summed E-state index contributed by atoms with van der Waals surface area (Å²) in [4.78, 5) is 1.33. The van der Waals surface area contributed by atoms with E-state index in [0.717, 1.165) is 12.3 Å². The van der Waals surface area contributed by atoms with Crippen molar-refractivity contribution >= 4 is 17.4 Å². The number of hydrogen-bond acceptors (Lipinski definition) is 3. The van der Waals surface area contributed by atoms with Crippen molar-refractivity contribution in [3.05, 3.63) is 18.2 Å². The summed E-state index contributed by atoms with van der Waals surface area (Å²) in [5.41, 5.74) is 1.20. The van der Waals surface area contributed by atoms with Crippen LogP contribution >= 0.6 is 11.8 Å². The van der Waals surface area contributed by atoms with Gasteiger partial charge in [0.25, 0.3) is 0 Å². The Morgan fingerprint density at radius 1 is 1.47 bits per heavy atom. The molecule has 0 bridgehead atoms. The van der Waals surface area contributed by atoms with Crippen LogP contribution in [0.25, 0.3) is 0 Å². The largest absolute Gasteiger partial charge is 0.497 e. The lowest BCUT2D eigenvalue weighted by Gasteiger charge is -2.28. The monoisotopic (exact) mass is 223 g/mol. The summed E-state index contributed by atoms with van der Waals surface area (Å²) in [5.74, 6) is 1.63. The topological polar surface area (TPSA) is 21.3 Å². The molecule has 0 radical (unpaired) electrons. The van der Waals surface area contributed by atoms with Crippen LogP contribution in [-0.2, 0) is 0 Å². The van der Waals surface area contributed by atoms with Crippen LogP contribution in [-0.4, -0.2) is 18.9 Å². The molecule has 0 saturated carbocycles. The van der Waals surface area contributed by atoms with E-state index in [0.29, 0.717) is 11.2 Å². The summed E-state index contributed by atoms with van der Waals surface area (Å²) in [6.45, 7) is 5.59. The fourth-order valence-corrected chi connectivity index (χ4v) is 2.83. The molecule has 1 aliphatic heterocycles. The van der Waals surface area contributed by atoms with E-state index in [1.54, 1.807) is 7.11 Å². The van der Waals surface area contributed by atoms with Crippen LogP contribution in [0.4, 0.5) is 5.69 Å². The van der Waals surface area contributed by atoms with Gasteiger partial charge in [-0.05, 0) is 18.1 Å². The van der Waals surface area contributed by atoms with Crippen LogP contribution in [0.15, 0.2) is 23.1 Å². The van der Waals surface area contributed by atoms with Crippen molar-refractivity contribution in [1.82, 2.24) is 0 Å². The predicted molar refractivity (Wildman–Crippen MR) is 66.0 cm³/mol. The molecule has 82 valence electrons. The van der Waals surface area contributed by atoms with Gasteiger partial charge in [-0.2, -0.15) is 0 Å². The lowest BCUT2D eigenvalue weighted by Crippen LogP contribution is -2.25. The summed E-state index contributed by atoms with van der Waals surface area (Å²) < 4.78 is 5.21. The van der Waals surface area contributed by atoms with E-state index in [1.165, 1.54) is 10.6 Å². The summed E-state index contributed by atoms with van der Waals surface area (Å²) in [5, 5.41) is 4.14. The first-order chi connectivity index (χ1) is 7.20. The molecule has 0 amide bonds. The molecule has 1 aromatic rings. The van der Waals surface area contributed by atoms with Crippen molar-refractivity contribution in [1.29, 1.82) is 0 Å². The fourth-order valence-electron chi connectivity index (χ4n) is 1.66. The maximum absolute atomic E-state index is 5.21. The van der Waals surface area contributed by atoms with Crippen molar-refractivity contribution in [2.45, 2.75) is 24.0 Å². The van der Waals surface area contributed by atoms with Crippen LogP contribution in [0, 0.1) is 5.92 Å². The molecular weight excluding hydrogens is 206 g/mol. The zero-order valence-corrected chi connectivity index (χ0v) is 10.2.